The van der Waals surface area contributed by atoms with Gasteiger partial charge in [-0.1, -0.05) is 32.1 Å². The molecule has 110 valence electrons. The molecule has 19 heavy (non-hydrogen) atoms. The van der Waals surface area contributed by atoms with Crippen LogP contribution in [0.25, 0.3) is 0 Å². The zero-order valence-corrected chi connectivity index (χ0v) is 12.2. The van der Waals surface area contributed by atoms with Gasteiger partial charge in [-0.3, -0.25) is 0 Å². The predicted octanol–water partition coefficient (Wildman–Crippen LogP) is 1.44. The van der Waals surface area contributed by atoms with Crippen LogP contribution in [0.5, 0.6) is 0 Å². The van der Waals surface area contributed by atoms with Crippen molar-refractivity contribution < 1.29 is 13.2 Å². The van der Waals surface area contributed by atoms with Crippen molar-refractivity contribution in [1.29, 1.82) is 0 Å². The SMILES string of the molecule is O=C(NCC1CS(=O)(=O)C1)NC1CCCCCCC1. The van der Waals surface area contributed by atoms with E-state index in [0.29, 0.717) is 6.54 Å². The van der Waals surface area contributed by atoms with Gasteiger partial charge in [0, 0.05) is 18.5 Å². The second kappa shape index (κ2) is 6.59. The molecule has 2 aliphatic rings. The molecule has 1 heterocycles. The molecule has 0 aromatic carbocycles. The minimum Gasteiger partial charge on any atom is -0.338 e. The van der Waals surface area contributed by atoms with Gasteiger partial charge >= 0.3 is 6.03 Å². The molecule has 6 heteroatoms. The molecule has 1 aliphatic carbocycles. The second-order valence-corrected chi connectivity index (χ2v) is 7.99. The quantitative estimate of drug-likeness (QED) is 0.825. The van der Waals surface area contributed by atoms with E-state index in [1.54, 1.807) is 0 Å². The maximum Gasteiger partial charge on any atom is 0.315 e. The van der Waals surface area contributed by atoms with E-state index < -0.39 is 9.84 Å². The average Bonchev–Trinajstić information content (AvgIpc) is 2.27. The lowest BCUT2D eigenvalue weighted by Crippen LogP contribution is -2.48. The third-order valence-corrected chi connectivity index (χ3v) is 5.93. The smallest absolute Gasteiger partial charge is 0.315 e. The Morgan fingerprint density at radius 1 is 1.00 bits per heavy atom. The van der Waals surface area contributed by atoms with Gasteiger partial charge < -0.3 is 10.6 Å². The number of carbonyl (C=O) groups excluding carboxylic acids is 1. The van der Waals surface area contributed by atoms with E-state index in [-0.39, 0.29) is 29.5 Å². The first-order chi connectivity index (χ1) is 9.05. The van der Waals surface area contributed by atoms with E-state index in [0.717, 1.165) is 12.8 Å². The van der Waals surface area contributed by atoms with E-state index in [4.69, 9.17) is 0 Å². The molecule has 1 aliphatic heterocycles. The highest BCUT2D eigenvalue weighted by Gasteiger charge is 2.33. The molecule has 1 saturated carbocycles. The van der Waals surface area contributed by atoms with Gasteiger partial charge in [0.2, 0.25) is 0 Å². The van der Waals surface area contributed by atoms with Crippen LogP contribution in [0.15, 0.2) is 0 Å². The highest BCUT2D eigenvalue weighted by atomic mass is 32.2. The number of rotatable bonds is 3. The van der Waals surface area contributed by atoms with Gasteiger partial charge in [-0.15, -0.1) is 0 Å². The summed E-state index contributed by atoms with van der Waals surface area (Å²) in [5, 5.41) is 5.80. The summed E-state index contributed by atoms with van der Waals surface area (Å²) >= 11 is 0. The van der Waals surface area contributed by atoms with Crippen molar-refractivity contribution in [3.8, 4) is 0 Å². The number of urea groups is 1. The predicted molar refractivity (Wildman–Crippen MR) is 74.8 cm³/mol. The highest BCUT2D eigenvalue weighted by molar-refractivity contribution is 7.92. The Hall–Kier alpha value is -0.780. The largest absolute Gasteiger partial charge is 0.338 e. The van der Waals surface area contributed by atoms with E-state index in [1.807, 2.05) is 0 Å². The third kappa shape index (κ3) is 5.01. The zero-order valence-electron chi connectivity index (χ0n) is 11.4. The average molecular weight is 288 g/mol. The van der Waals surface area contributed by atoms with Gasteiger partial charge in [0.05, 0.1) is 11.5 Å². The fourth-order valence-electron chi connectivity index (χ4n) is 2.86. The van der Waals surface area contributed by atoms with Gasteiger partial charge in [0.1, 0.15) is 0 Å². The summed E-state index contributed by atoms with van der Waals surface area (Å²) in [5.41, 5.74) is 0. The Kier molecular flexibility index (Phi) is 5.07. The fraction of sp³-hybridized carbons (Fsp3) is 0.923. The van der Waals surface area contributed by atoms with Crippen molar-refractivity contribution in [2.75, 3.05) is 18.1 Å². The standard InChI is InChI=1S/C13H24N2O3S/c16-13(14-8-11-9-19(17,18)10-11)15-12-6-4-2-1-3-5-7-12/h11-12H,1-10H2,(H2,14,15,16). The number of carbonyl (C=O) groups is 1. The summed E-state index contributed by atoms with van der Waals surface area (Å²) in [4.78, 5) is 11.7. The summed E-state index contributed by atoms with van der Waals surface area (Å²) in [7, 11) is -2.79. The van der Waals surface area contributed by atoms with Crippen LogP contribution < -0.4 is 10.6 Å². The first kappa shape index (κ1) is 14.6. The summed E-state index contributed by atoms with van der Waals surface area (Å²) in [6, 6.07) is 0.139. The first-order valence-corrected chi connectivity index (χ1v) is 9.12. The Morgan fingerprint density at radius 3 is 2.16 bits per heavy atom. The third-order valence-electron chi connectivity index (χ3n) is 3.97. The minimum atomic E-state index is -2.79. The Bertz CT molecular complexity index is 388. The van der Waals surface area contributed by atoms with Crippen LogP contribution in [-0.4, -0.2) is 38.5 Å². The maximum atomic E-state index is 11.7. The number of hydrogen-bond donors (Lipinski definition) is 2. The number of hydrogen-bond acceptors (Lipinski definition) is 3. The molecule has 0 spiro atoms. The van der Waals surface area contributed by atoms with Crippen LogP contribution >= 0.6 is 0 Å². The second-order valence-electron chi connectivity index (χ2n) is 5.84. The zero-order chi connectivity index (χ0) is 13.7. The first-order valence-electron chi connectivity index (χ1n) is 7.30. The molecule has 2 rings (SSSR count). The maximum absolute atomic E-state index is 11.7. The van der Waals surface area contributed by atoms with Gasteiger partial charge in [0.25, 0.3) is 0 Å². The molecule has 0 bridgehead atoms. The molecule has 0 aromatic heterocycles. The van der Waals surface area contributed by atoms with Crippen LogP contribution in [0.1, 0.15) is 44.9 Å². The monoisotopic (exact) mass is 288 g/mol. The van der Waals surface area contributed by atoms with Crippen molar-refractivity contribution in [3.63, 3.8) is 0 Å². The molecular formula is C13H24N2O3S. The van der Waals surface area contributed by atoms with Crippen LogP contribution in [0.2, 0.25) is 0 Å². The molecule has 2 N–H and O–H groups in total. The Labute approximate surface area is 115 Å². The van der Waals surface area contributed by atoms with Gasteiger partial charge in [-0.25, -0.2) is 13.2 Å². The summed E-state index contributed by atoms with van der Waals surface area (Å²) in [6.07, 6.45) is 8.34. The van der Waals surface area contributed by atoms with Gasteiger partial charge in [-0.05, 0) is 12.8 Å². The number of nitrogens with one attached hydrogen (secondary N) is 2. The lowest BCUT2D eigenvalue weighted by molar-refractivity contribution is 0.232. The van der Waals surface area contributed by atoms with Crippen LogP contribution in [0, 0.1) is 5.92 Å². The lowest BCUT2D eigenvalue weighted by atomic mass is 9.97. The number of sulfone groups is 1. The lowest BCUT2D eigenvalue weighted by Gasteiger charge is -2.26. The molecule has 0 unspecified atom stereocenters. The molecule has 2 fully saturated rings. The van der Waals surface area contributed by atoms with Crippen molar-refractivity contribution in [2.24, 2.45) is 5.92 Å². The van der Waals surface area contributed by atoms with Crippen molar-refractivity contribution >= 4 is 15.9 Å². The summed E-state index contributed by atoms with van der Waals surface area (Å²) in [5.74, 6) is 0.543. The molecule has 1 saturated heterocycles. The van der Waals surface area contributed by atoms with Crippen LogP contribution in [0.4, 0.5) is 4.79 Å². The number of amides is 2. The normalized spacial score (nSPS) is 24.8. The van der Waals surface area contributed by atoms with Crippen molar-refractivity contribution in [2.45, 2.75) is 51.0 Å². The van der Waals surface area contributed by atoms with Crippen molar-refractivity contribution in [3.05, 3.63) is 0 Å². The van der Waals surface area contributed by atoms with Gasteiger partial charge in [0.15, 0.2) is 9.84 Å². The summed E-state index contributed by atoms with van der Waals surface area (Å²) < 4.78 is 22.0. The van der Waals surface area contributed by atoms with Gasteiger partial charge in [-0.2, -0.15) is 0 Å². The van der Waals surface area contributed by atoms with E-state index in [9.17, 15) is 13.2 Å². The van der Waals surface area contributed by atoms with Crippen LogP contribution in [-0.2, 0) is 9.84 Å². The highest BCUT2D eigenvalue weighted by Crippen LogP contribution is 2.18. The molecule has 0 atom stereocenters. The Morgan fingerprint density at radius 2 is 1.58 bits per heavy atom. The van der Waals surface area contributed by atoms with E-state index in [2.05, 4.69) is 10.6 Å². The molecule has 5 nitrogen and oxygen atoms in total. The van der Waals surface area contributed by atoms with Crippen molar-refractivity contribution in [1.82, 2.24) is 10.6 Å². The molecule has 2 amide bonds. The van der Waals surface area contributed by atoms with E-state index >= 15 is 0 Å². The molecule has 0 aromatic rings. The summed E-state index contributed by atoms with van der Waals surface area (Å²) in [6.45, 7) is 0.470. The Balaban J connectivity index is 1.63. The minimum absolute atomic E-state index is 0.105. The molecule has 0 radical (unpaired) electrons. The topological polar surface area (TPSA) is 75.3 Å². The molecular weight excluding hydrogens is 264 g/mol. The van der Waals surface area contributed by atoms with Crippen LogP contribution in [0.3, 0.4) is 0 Å². The fourth-order valence-corrected chi connectivity index (χ4v) is 4.44. The van der Waals surface area contributed by atoms with E-state index in [1.165, 1.54) is 32.1 Å².